The third kappa shape index (κ3) is 5.65. The van der Waals surface area contributed by atoms with Crippen LogP contribution in [-0.2, 0) is 13.6 Å². The Morgan fingerprint density at radius 1 is 1.11 bits per heavy atom. The van der Waals surface area contributed by atoms with Crippen LogP contribution < -0.4 is 5.73 Å². The first-order chi connectivity index (χ1) is 16.5. The molecular formula is C29H52NO4P. The molecule has 5 unspecified atom stereocenters. The molecule has 9 atom stereocenters. The molecule has 0 spiro atoms. The molecule has 6 heteroatoms. The Hall–Kier alpha value is -0.190. The molecule has 5 nitrogen and oxygen atoms in total. The van der Waals surface area contributed by atoms with Crippen molar-refractivity contribution in [1.29, 1.82) is 0 Å². The summed E-state index contributed by atoms with van der Waals surface area (Å²) in [5, 5.41) is 0. The molecule has 4 aliphatic rings. The molecule has 0 heterocycles. The molecule has 202 valence electrons. The van der Waals surface area contributed by atoms with E-state index >= 15 is 0 Å². The van der Waals surface area contributed by atoms with Gasteiger partial charge in [-0.2, -0.15) is 0 Å². The molecule has 3 N–H and O–H groups in total. The summed E-state index contributed by atoms with van der Waals surface area (Å²) in [6.45, 7) is 12.6. The summed E-state index contributed by atoms with van der Waals surface area (Å²) in [4.78, 5) is 10.1. The van der Waals surface area contributed by atoms with Gasteiger partial charge in [-0.05, 0) is 97.7 Å². The van der Waals surface area contributed by atoms with Gasteiger partial charge in [0, 0.05) is 6.54 Å². The summed E-state index contributed by atoms with van der Waals surface area (Å²) in [5.74, 6) is 4.93. The molecule has 4 rings (SSSR count). The van der Waals surface area contributed by atoms with Crippen molar-refractivity contribution < 1.29 is 18.5 Å². The minimum absolute atomic E-state index is 0.0438. The Morgan fingerprint density at radius 2 is 1.89 bits per heavy atom. The summed E-state index contributed by atoms with van der Waals surface area (Å²) in [7, 11) is -4.04. The van der Waals surface area contributed by atoms with Crippen LogP contribution in [0.1, 0.15) is 105 Å². The smallest absolute Gasteiger partial charge is 0.328 e. The van der Waals surface area contributed by atoms with Gasteiger partial charge in [-0.1, -0.05) is 65.5 Å². The summed E-state index contributed by atoms with van der Waals surface area (Å²) >= 11 is 0. The maximum atomic E-state index is 12.3. The van der Waals surface area contributed by atoms with Gasteiger partial charge in [-0.15, -0.1) is 0 Å². The monoisotopic (exact) mass is 509 g/mol. The van der Waals surface area contributed by atoms with Crippen LogP contribution in [0.5, 0.6) is 0 Å². The van der Waals surface area contributed by atoms with E-state index in [9.17, 15) is 9.46 Å². The topological polar surface area (TPSA) is 81.8 Å². The number of fused-ring (bicyclic) bond motifs is 5. The molecule has 3 saturated carbocycles. The Balaban J connectivity index is 1.43. The van der Waals surface area contributed by atoms with E-state index in [-0.39, 0.29) is 24.7 Å². The second kappa shape index (κ2) is 10.9. The number of hydrogen-bond donors (Lipinski definition) is 2. The van der Waals surface area contributed by atoms with Crippen LogP contribution in [0.15, 0.2) is 11.6 Å². The fraction of sp³-hybridized carbons (Fsp3) is 0.931. The van der Waals surface area contributed by atoms with Gasteiger partial charge in [-0.3, -0.25) is 9.05 Å². The normalized spacial score (nSPS) is 41.5. The zero-order valence-corrected chi connectivity index (χ0v) is 23.9. The van der Waals surface area contributed by atoms with Crippen molar-refractivity contribution in [1.82, 2.24) is 0 Å². The van der Waals surface area contributed by atoms with Gasteiger partial charge in [0.25, 0.3) is 0 Å². The van der Waals surface area contributed by atoms with Crippen molar-refractivity contribution >= 4 is 7.82 Å². The van der Waals surface area contributed by atoms with Gasteiger partial charge in [-0.25, -0.2) is 4.57 Å². The lowest BCUT2D eigenvalue weighted by Gasteiger charge is -2.58. The molecule has 0 radical (unpaired) electrons. The second-order valence-corrected chi connectivity index (χ2v) is 14.8. The number of phosphoric ester groups is 1. The van der Waals surface area contributed by atoms with E-state index in [1.165, 1.54) is 56.9 Å². The molecule has 0 aromatic carbocycles. The van der Waals surface area contributed by atoms with Crippen molar-refractivity contribution in [2.75, 3.05) is 13.2 Å². The summed E-state index contributed by atoms with van der Waals surface area (Å²) in [5.41, 5.74) is 7.60. The van der Waals surface area contributed by atoms with Gasteiger partial charge < -0.3 is 10.6 Å². The van der Waals surface area contributed by atoms with Crippen LogP contribution in [0, 0.1) is 46.3 Å². The van der Waals surface area contributed by atoms with Crippen LogP contribution in [0.2, 0.25) is 0 Å². The van der Waals surface area contributed by atoms with E-state index in [0.29, 0.717) is 5.41 Å². The van der Waals surface area contributed by atoms with Crippen molar-refractivity contribution in [3.8, 4) is 0 Å². The highest BCUT2D eigenvalue weighted by Gasteiger charge is 2.59. The fourth-order valence-electron chi connectivity index (χ4n) is 9.13. The molecule has 0 amide bonds. The van der Waals surface area contributed by atoms with Crippen molar-refractivity contribution in [3.05, 3.63) is 11.6 Å². The van der Waals surface area contributed by atoms with E-state index in [0.717, 1.165) is 54.8 Å². The van der Waals surface area contributed by atoms with Crippen molar-refractivity contribution in [2.45, 2.75) is 111 Å². The maximum Gasteiger partial charge on any atom is 0.472 e. The average Bonchev–Trinajstić information content (AvgIpc) is 3.15. The summed E-state index contributed by atoms with van der Waals surface area (Å²) in [6.07, 6.45) is 15.8. The quantitative estimate of drug-likeness (QED) is 0.235. The minimum atomic E-state index is -4.04. The fourth-order valence-corrected chi connectivity index (χ4v) is 10.1. The summed E-state index contributed by atoms with van der Waals surface area (Å²) in [6, 6.07) is 0. The van der Waals surface area contributed by atoms with Crippen LogP contribution >= 0.6 is 7.82 Å². The van der Waals surface area contributed by atoms with Gasteiger partial charge >= 0.3 is 7.82 Å². The molecular weight excluding hydrogens is 457 g/mol. The van der Waals surface area contributed by atoms with Crippen LogP contribution in [0.25, 0.3) is 0 Å². The highest BCUT2D eigenvalue weighted by Crippen LogP contribution is 2.67. The first-order valence-corrected chi connectivity index (χ1v) is 16.0. The highest BCUT2D eigenvalue weighted by atomic mass is 31.2. The van der Waals surface area contributed by atoms with E-state index in [4.69, 9.17) is 14.8 Å². The molecule has 3 fully saturated rings. The predicted octanol–water partition coefficient (Wildman–Crippen LogP) is 7.49. The van der Waals surface area contributed by atoms with Crippen molar-refractivity contribution in [3.63, 3.8) is 0 Å². The van der Waals surface area contributed by atoms with Crippen molar-refractivity contribution in [2.24, 2.45) is 52.1 Å². The number of hydrogen-bond acceptors (Lipinski definition) is 4. The molecule has 0 saturated heterocycles. The standard InChI is InChI=1S/C29H52NO4P/c1-20(2)7-6-8-21(3)25-11-12-26-24-10-9-22-19-23(34-35(31,32)33-18-17-30)13-15-28(22,4)27(24)14-16-29(25,26)5/h9,20-21,23-27H,6-8,10-19,30H2,1-5H3,(H,31,32)/t21-,23?,24?,25-,26?,27?,28+,29-/m1/s1. The first-order valence-electron chi connectivity index (χ1n) is 14.6. The SMILES string of the molecule is CC(C)CCC[C@@H](C)[C@H]1CCC2C3CC=C4CC(OP(=O)(O)OCCN)CC[C@]4(C)C3CC[C@@]21C. The lowest BCUT2D eigenvalue weighted by Crippen LogP contribution is -2.51. The maximum absolute atomic E-state index is 12.3. The second-order valence-electron chi connectivity index (χ2n) is 13.4. The Kier molecular flexibility index (Phi) is 8.66. The largest absolute Gasteiger partial charge is 0.472 e. The van der Waals surface area contributed by atoms with E-state index in [1.807, 2.05) is 0 Å². The third-order valence-corrected chi connectivity index (χ3v) is 12.0. The summed E-state index contributed by atoms with van der Waals surface area (Å²) < 4.78 is 22.9. The van der Waals surface area contributed by atoms with Gasteiger partial charge in [0.05, 0.1) is 12.7 Å². The Morgan fingerprint density at radius 3 is 2.60 bits per heavy atom. The number of nitrogens with two attached hydrogens (primary N) is 1. The molecule has 0 aromatic rings. The zero-order valence-electron chi connectivity index (χ0n) is 23.0. The number of phosphoric acid groups is 1. The zero-order chi connectivity index (χ0) is 25.4. The predicted molar refractivity (Wildman–Crippen MR) is 143 cm³/mol. The minimum Gasteiger partial charge on any atom is -0.328 e. The number of allylic oxidation sites excluding steroid dienone is 1. The van der Waals surface area contributed by atoms with E-state index in [2.05, 4.69) is 40.7 Å². The van der Waals surface area contributed by atoms with Crippen LogP contribution in [0.4, 0.5) is 0 Å². The highest BCUT2D eigenvalue weighted by molar-refractivity contribution is 7.47. The molecule has 0 aromatic heterocycles. The van der Waals surface area contributed by atoms with Crippen LogP contribution in [0.3, 0.4) is 0 Å². The Labute approximate surface area is 214 Å². The van der Waals surface area contributed by atoms with E-state index < -0.39 is 7.82 Å². The molecule has 35 heavy (non-hydrogen) atoms. The molecule has 4 aliphatic carbocycles. The van der Waals surface area contributed by atoms with E-state index in [1.54, 1.807) is 0 Å². The third-order valence-electron chi connectivity index (χ3n) is 10.9. The molecule has 0 bridgehead atoms. The van der Waals surface area contributed by atoms with Gasteiger partial charge in [0.15, 0.2) is 0 Å². The molecule has 0 aliphatic heterocycles. The van der Waals surface area contributed by atoms with Gasteiger partial charge in [0.1, 0.15) is 0 Å². The number of rotatable bonds is 10. The lowest BCUT2D eigenvalue weighted by atomic mass is 9.47. The Bertz CT molecular complexity index is 815. The first kappa shape index (κ1) is 27.8. The van der Waals surface area contributed by atoms with Crippen LogP contribution in [-0.4, -0.2) is 24.1 Å². The average molecular weight is 510 g/mol. The lowest BCUT2D eigenvalue weighted by molar-refractivity contribution is -0.0573. The van der Waals surface area contributed by atoms with Gasteiger partial charge in [0.2, 0.25) is 0 Å².